The van der Waals surface area contributed by atoms with Crippen LogP contribution in [0.2, 0.25) is 0 Å². The Morgan fingerprint density at radius 1 is 1.29 bits per heavy atom. The highest BCUT2D eigenvalue weighted by atomic mass is 16.3. The van der Waals surface area contributed by atoms with Gasteiger partial charge in [-0.2, -0.15) is 0 Å². The van der Waals surface area contributed by atoms with Crippen molar-refractivity contribution in [2.24, 2.45) is 5.92 Å². The van der Waals surface area contributed by atoms with E-state index in [-0.39, 0.29) is 0 Å². The lowest BCUT2D eigenvalue weighted by Crippen LogP contribution is -2.33. The highest BCUT2D eigenvalue weighted by Gasteiger charge is 2.11. The Hall–Kier alpha value is -1.02. The first-order valence-electron chi connectivity index (χ1n) is 6.64. The van der Waals surface area contributed by atoms with Gasteiger partial charge in [0, 0.05) is 6.04 Å². The van der Waals surface area contributed by atoms with E-state index >= 15 is 0 Å². The molecule has 1 aromatic carbocycles. The Bertz CT molecular complexity index is 322. The SMILES string of the molecule is CCNC(CCCc1cccc(O)c1)C(C)C. The van der Waals surface area contributed by atoms with E-state index in [1.54, 1.807) is 6.07 Å². The molecule has 1 unspecified atom stereocenters. The average Bonchev–Trinajstić information content (AvgIpc) is 2.28. The molecule has 1 rings (SSSR count). The average molecular weight is 235 g/mol. The third kappa shape index (κ3) is 5.22. The summed E-state index contributed by atoms with van der Waals surface area (Å²) in [5.74, 6) is 1.05. The van der Waals surface area contributed by atoms with Crippen LogP contribution in [0.4, 0.5) is 0 Å². The van der Waals surface area contributed by atoms with Crippen molar-refractivity contribution >= 4 is 0 Å². The normalized spacial score (nSPS) is 12.9. The minimum absolute atomic E-state index is 0.370. The highest BCUT2D eigenvalue weighted by molar-refractivity contribution is 5.27. The van der Waals surface area contributed by atoms with Crippen molar-refractivity contribution in [3.63, 3.8) is 0 Å². The molecule has 1 atom stereocenters. The molecule has 0 bridgehead atoms. The Kier molecular flexibility index (Phi) is 6.06. The van der Waals surface area contributed by atoms with E-state index in [0.29, 0.717) is 17.7 Å². The summed E-state index contributed by atoms with van der Waals surface area (Å²) >= 11 is 0. The van der Waals surface area contributed by atoms with Crippen LogP contribution >= 0.6 is 0 Å². The van der Waals surface area contributed by atoms with Crippen LogP contribution in [0.15, 0.2) is 24.3 Å². The summed E-state index contributed by atoms with van der Waals surface area (Å²) in [6.07, 6.45) is 3.41. The molecule has 0 aliphatic rings. The predicted octanol–water partition coefficient (Wildman–Crippen LogP) is 3.35. The number of hydrogen-bond donors (Lipinski definition) is 2. The lowest BCUT2D eigenvalue weighted by atomic mass is 9.97. The number of nitrogens with one attached hydrogen (secondary N) is 1. The summed E-state index contributed by atoms with van der Waals surface area (Å²) < 4.78 is 0. The summed E-state index contributed by atoms with van der Waals surface area (Å²) in [5.41, 5.74) is 1.23. The Morgan fingerprint density at radius 2 is 2.06 bits per heavy atom. The second kappa shape index (κ2) is 7.33. The van der Waals surface area contributed by atoms with Crippen LogP contribution in [0, 0.1) is 5.92 Å². The van der Waals surface area contributed by atoms with Crippen molar-refractivity contribution in [3.05, 3.63) is 29.8 Å². The summed E-state index contributed by atoms with van der Waals surface area (Å²) in [7, 11) is 0. The minimum atomic E-state index is 0.370. The van der Waals surface area contributed by atoms with Gasteiger partial charge in [0.15, 0.2) is 0 Å². The van der Waals surface area contributed by atoms with Gasteiger partial charge in [0.1, 0.15) is 5.75 Å². The van der Waals surface area contributed by atoms with E-state index in [4.69, 9.17) is 0 Å². The van der Waals surface area contributed by atoms with Crippen LogP contribution in [-0.2, 0) is 6.42 Å². The van der Waals surface area contributed by atoms with Crippen molar-refractivity contribution in [2.75, 3.05) is 6.54 Å². The van der Waals surface area contributed by atoms with E-state index in [9.17, 15) is 5.11 Å². The van der Waals surface area contributed by atoms with E-state index in [0.717, 1.165) is 13.0 Å². The number of benzene rings is 1. The van der Waals surface area contributed by atoms with Crippen molar-refractivity contribution in [1.29, 1.82) is 0 Å². The molecule has 0 radical (unpaired) electrons. The fraction of sp³-hybridized carbons (Fsp3) is 0.600. The van der Waals surface area contributed by atoms with Crippen LogP contribution in [0.1, 0.15) is 39.2 Å². The fourth-order valence-electron chi connectivity index (χ4n) is 2.17. The molecule has 0 saturated carbocycles. The molecule has 0 saturated heterocycles. The lowest BCUT2D eigenvalue weighted by molar-refractivity contribution is 0.377. The first-order chi connectivity index (χ1) is 8.13. The summed E-state index contributed by atoms with van der Waals surface area (Å²) in [6, 6.07) is 8.18. The van der Waals surface area contributed by atoms with Crippen LogP contribution in [0.5, 0.6) is 5.75 Å². The third-order valence-electron chi connectivity index (χ3n) is 3.16. The first kappa shape index (κ1) is 14.0. The molecule has 0 heterocycles. The highest BCUT2D eigenvalue weighted by Crippen LogP contribution is 2.15. The number of phenols is 1. The Balaban J connectivity index is 2.35. The van der Waals surface area contributed by atoms with Crippen LogP contribution in [0.3, 0.4) is 0 Å². The molecular formula is C15H25NO. The van der Waals surface area contributed by atoms with Gasteiger partial charge >= 0.3 is 0 Å². The molecule has 0 aliphatic heterocycles. The number of hydrogen-bond acceptors (Lipinski definition) is 2. The zero-order valence-corrected chi connectivity index (χ0v) is 11.2. The number of aryl methyl sites for hydroxylation is 1. The van der Waals surface area contributed by atoms with Gasteiger partial charge in [-0.1, -0.05) is 32.9 Å². The quantitative estimate of drug-likeness (QED) is 0.759. The zero-order valence-electron chi connectivity index (χ0n) is 11.2. The molecular weight excluding hydrogens is 210 g/mol. The topological polar surface area (TPSA) is 32.3 Å². The maximum atomic E-state index is 9.38. The molecule has 0 amide bonds. The maximum absolute atomic E-state index is 9.38. The second-order valence-corrected chi connectivity index (χ2v) is 4.97. The largest absolute Gasteiger partial charge is 0.508 e. The minimum Gasteiger partial charge on any atom is -0.508 e. The molecule has 1 aromatic rings. The van der Waals surface area contributed by atoms with Crippen LogP contribution < -0.4 is 5.32 Å². The molecule has 2 nitrogen and oxygen atoms in total. The molecule has 96 valence electrons. The summed E-state index contributed by atoms with van der Waals surface area (Å²) in [5, 5.41) is 12.9. The van der Waals surface area contributed by atoms with Crippen molar-refractivity contribution < 1.29 is 5.11 Å². The van der Waals surface area contributed by atoms with E-state index in [1.807, 2.05) is 12.1 Å². The number of phenolic OH excluding ortho intramolecular Hbond substituents is 1. The molecule has 2 heteroatoms. The summed E-state index contributed by atoms with van der Waals surface area (Å²) in [6.45, 7) is 7.73. The van der Waals surface area contributed by atoms with Gasteiger partial charge in [-0.25, -0.2) is 0 Å². The molecule has 0 spiro atoms. The third-order valence-corrected chi connectivity index (χ3v) is 3.16. The van der Waals surface area contributed by atoms with Gasteiger partial charge in [0.2, 0.25) is 0 Å². The molecule has 0 aromatic heterocycles. The van der Waals surface area contributed by atoms with Gasteiger partial charge in [-0.3, -0.25) is 0 Å². The predicted molar refractivity (Wildman–Crippen MR) is 73.3 cm³/mol. The van der Waals surface area contributed by atoms with Crippen LogP contribution in [0.25, 0.3) is 0 Å². The van der Waals surface area contributed by atoms with Crippen molar-refractivity contribution in [1.82, 2.24) is 5.32 Å². The number of aromatic hydroxyl groups is 1. The van der Waals surface area contributed by atoms with Crippen molar-refractivity contribution in [3.8, 4) is 5.75 Å². The monoisotopic (exact) mass is 235 g/mol. The van der Waals surface area contributed by atoms with Crippen molar-refractivity contribution in [2.45, 2.75) is 46.1 Å². The van der Waals surface area contributed by atoms with E-state index in [1.165, 1.54) is 18.4 Å². The van der Waals surface area contributed by atoms with Gasteiger partial charge in [-0.15, -0.1) is 0 Å². The molecule has 17 heavy (non-hydrogen) atoms. The number of rotatable bonds is 7. The van der Waals surface area contributed by atoms with Gasteiger partial charge in [0.25, 0.3) is 0 Å². The Morgan fingerprint density at radius 3 is 2.65 bits per heavy atom. The zero-order chi connectivity index (χ0) is 12.7. The van der Waals surface area contributed by atoms with E-state index < -0.39 is 0 Å². The fourth-order valence-corrected chi connectivity index (χ4v) is 2.17. The standard InChI is InChI=1S/C15H25NO/c1-4-16-15(12(2)3)10-6-8-13-7-5-9-14(17)11-13/h5,7,9,11-12,15-17H,4,6,8,10H2,1-3H3. The molecule has 2 N–H and O–H groups in total. The molecule has 0 fully saturated rings. The first-order valence-corrected chi connectivity index (χ1v) is 6.64. The van der Waals surface area contributed by atoms with Crippen LogP contribution in [-0.4, -0.2) is 17.7 Å². The van der Waals surface area contributed by atoms with Gasteiger partial charge in [0.05, 0.1) is 0 Å². The van der Waals surface area contributed by atoms with E-state index in [2.05, 4.69) is 32.2 Å². The summed E-state index contributed by atoms with van der Waals surface area (Å²) in [4.78, 5) is 0. The molecule has 0 aliphatic carbocycles. The van der Waals surface area contributed by atoms with Gasteiger partial charge in [-0.05, 0) is 49.4 Å². The maximum Gasteiger partial charge on any atom is 0.115 e. The smallest absolute Gasteiger partial charge is 0.115 e. The van der Waals surface area contributed by atoms with Gasteiger partial charge < -0.3 is 10.4 Å². The second-order valence-electron chi connectivity index (χ2n) is 4.97. The Labute approximate surface area is 105 Å². The lowest BCUT2D eigenvalue weighted by Gasteiger charge is -2.21.